The fourth-order valence-electron chi connectivity index (χ4n) is 1.37. The second kappa shape index (κ2) is 6.05. The second-order valence-electron chi connectivity index (χ2n) is 3.25. The lowest BCUT2D eigenvalue weighted by Gasteiger charge is -2.15. The molecule has 0 aromatic heterocycles. The summed E-state index contributed by atoms with van der Waals surface area (Å²) in [5.74, 6) is -0.820. The highest BCUT2D eigenvalue weighted by Crippen LogP contribution is 2.45. The van der Waals surface area contributed by atoms with Gasteiger partial charge in [0.2, 0.25) is 0 Å². The Morgan fingerprint density at radius 3 is 2.21 bits per heavy atom. The van der Waals surface area contributed by atoms with Gasteiger partial charge in [0.1, 0.15) is 0 Å². The third-order valence-electron chi connectivity index (χ3n) is 2.09. The van der Waals surface area contributed by atoms with Gasteiger partial charge in [0.05, 0.1) is 31.8 Å². The Bertz CT molecular complexity index is 474. The van der Waals surface area contributed by atoms with E-state index in [-0.39, 0.29) is 33.7 Å². The van der Waals surface area contributed by atoms with Crippen LogP contribution in [-0.2, 0) is 4.74 Å². The summed E-state index contributed by atoms with van der Waals surface area (Å²) in [6, 6.07) is 2.30. The van der Waals surface area contributed by atoms with Crippen molar-refractivity contribution in [3.63, 3.8) is 0 Å². The minimum Gasteiger partial charge on any atom is -0.493 e. The lowest BCUT2D eigenvalue weighted by atomic mass is 10.2. The molecule has 0 aliphatic heterocycles. The Morgan fingerprint density at radius 2 is 1.79 bits per heavy atom. The van der Waals surface area contributed by atoms with Crippen molar-refractivity contribution in [2.75, 3.05) is 21.3 Å². The molecule has 0 atom stereocenters. The van der Waals surface area contributed by atoms with E-state index in [4.69, 9.17) is 9.47 Å². The SMILES string of the molecule is COC(=O)c1cc(OC)c(OC)c(SC(F)(F)F)c1. The third kappa shape index (κ3) is 3.95. The van der Waals surface area contributed by atoms with Gasteiger partial charge in [-0.25, -0.2) is 4.79 Å². The summed E-state index contributed by atoms with van der Waals surface area (Å²) in [6.45, 7) is 0. The number of halogens is 3. The molecule has 0 aliphatic rings. The van der Waals surface area contributed by atoms with Gasteiger partial charge >= 0.3 is 11.5 Å². The van der Waals surface area contributed by atoms with Gasteiger partial charge in [-0.2, -0.15) is 13.2 Å². The molecular formula is C11H11F3O4S. The number of esters is 1. The van der Waals surface area contributed by atoms with Crippen molar-refractivity contribution in [2.45, 2.75) is 10.4 Å². The zero-order chi connectivity index (χ0) is 14.6. The maximum Gasteiger partial charge on any atom is 0.446 e. The zero-order valence-electron chi connectivity index (χ0n) is 10.3. The molecule has 0 heterocycles. The molecule has 0 radical (unpaired) electrons. The number of thioether (sulfide) groups is 1. The summed E-state index contributed by atoms with van der Waals surface area (Å²) in [6.07, 6.45) is 0. The molecule has 1 aromatic rings. The monoisotopic (exact) mass is 296 g/mol. The van der Waals surface area contributed by atoms with Crippen LogP contribution >= 0.6 is 11.8 Å². The van der Waals surface area contributed by atoms with Crippen LogP contribution in [0, 0.1) is 0 Å². The van der Waals surface area contributed by atoms with Crippen LogP contribution in [-0.4, -0.2) is 32.8 Å². The number of hydrogen-bond donors (Lipinski definition) is 0. The van der Waals surface area contributed by atoms with Crippen molar-refractivity contribution in [1.29, 1.82) is 0 Å². The maximum atomic E-state index is 12.5. The summed E-state index contributed by atoms with van der Waals surface area (Å²) in [7, 11) is 3.62. The molecule has 1 aromatic carbocycles. The molecular weight excluding hydrogens is 285 g/mol. The quantitative estimate of drug-likeness (QED) is 0.631. The van der Waals surface area contributed by atoms with Crippen molar-refractivity contribution in [1.82, 2.24) is 0 Å². The molecule has 0 aliphatic carbocycles. The minimum atomic E-state index is -4.51. The molecule has 1 rings (SSSR count). The summed E-state index contributed by atoms with van der Waals surface area (Å²) in [5, 5.41) is 0. The van der Waals surface area contributed by atoms with Gasteiger partial charge in [-0.1, -0.05) is 0 Å². The molecule has 0 spiro atoms. The van der Waals surface area contributed by atoms with Crippen molar-refractivity contribution < 1.29 is 32.2 Å². The van der Waals surface area contributed by atoms with Gasteiger partial charge in [-0.05, 0) is 23.9 Å². The summed E-state index contributed by atoms with van der Waals surface area (Å²) >= 11 is -0.389. The van der Waals surface area contributed by atoms with Crippen LogP contribution in [0.1, 0.15) is 10.4 Å². The number of methoxy groups -OCH3 is 3. The topological polar surface area (TPSA) is 44.8 Å². The smallest absolute Gasteiger partial charge is 0.446 e. The highest BCUT2D eigenvalue weighted by atomic mass is 32.2. The van der Waals surface area contributed by atoms with Gasteiger partial charge in [0, 0.05) is 0 Å². The van der Waals surface area contributed by atoms with Crippen LogP contribution in [0.5, 0.6) is 11.5 Å². The Morgan fingerprint density at radius 1 is 1.16 bits per heavy atom. The fourth-order valence-corrected chi connectivity index (χ4v) is 2.08. The number of carbonyl (C=O) groups is 1. The first-order chi connectivity index (χ1) is 8.82. The molecule has 8 heteroatoms. The first-order valence-electron chi connectivity index (χ1n) is 4.92. The lowest BCUT2D eigenvalue weighted by molar-refractivity contribution is -0.0329. The molecule has 0 unspecified atom stereocenters. The van der Waals surface area contributed by atoms with E-state index in [1.54, 1.807) is 0 Å². The van der Waals surface area contributed by atoms with Crippen LogP contribution in [0.4, 0.5) is 13.2 Å². The number of hydrogen-bond acceptors (Lipinski definition) is 5. The van der Waals surface area contributed by atoms with Gasteiger partial charge in [-0.15, -0.1) is 0 Å². The van der Waals surface area contributed by atoms with E-state index in [0.717, 1.165) is 13.2 Å². The standard InChI is InChI=1S/C11H11F3O4S/c1-16-7-4-6(10(15)18-3)5-8(9(7)17-2)19-11(12,13)14/h4-5H,1-3H3. The Balaban J connectivity index is 3.35. The van der Waals surface area contributed by atoms with E-state index in [9.17, 15) is 18.0 Å². The fraction of sp³-hybridized carbons (Fsp3) is 0.364. The molecule has 0 N–H and O–H groups in total. The van der Waals surface area contributed by atoms with E-state index >= 15 is 0 Å². The molecule has 0 bridgehead atoms. The number of carbonyl (C=O) groups excluding carboxylic acids is 1. The van der Waals surface area contributed by atoms with Crippen LogP contribution in [0.15, 0.2) is 17.0 Å². The zero-order valence-corrected chi connectivity index (χ0v) is 11.1. The second-order valence-corrected chi connectivity index (χ2v) is 4.36. The number of rotatable bonds is 4. The van der Waals surface area contributed by atoms with E-state index in [0.29, 0.717) is 0 Å². The average molecular weight is 296 g/mol. The van der Waals surface area contributed by atoms with E-state index < -0.39 is 11.5 Å². The maximum absolute atomic E-state index is 12.5. The summed E-state index contributed by atoms with van der Waals surface area (Å²) in [5.41, 5.74) is -4.56. The van der Waals surface area contributed by atoms with E-state index in [1.165, 1.54) is 20.3 Å². The number of ether oxygens (including phenoxy) is 3. The van der Waals surface area contributed by atoms with Crippen LogP contribution in [0.2, 0.25) is 0 Å². The molecule has 0 saturated carbocycles. The van der Waals surface area contributed by atoms with E-state index in [2.05, 4.69) is 4.74 Å². The van der Waals surface area contributed by atoms with Gasteiger partial charge in [0.25, 0.3) is 0 Å². The molecule has 0 amide bonds. The van der Waals surface area contributed by atoms with E-state index in [1.807, 2.05) is 0 Å². The third-order valence-corrected chi connectivity index (χ3v) is 2.85. The largest absolute Gasteiger partial charge is 0.493 e. The minimum absolute atomic E-state index is 0.0251. The number of alkyl halides is 3. The molecule has 19 heavy (non-hydrogen) atoms. The van der Waals surface area contributed by atoms with Gasteiger partial charge < -0.3 is 14.2 Å². The molecule has 0 saturated heterocycles. The Hall–Kier alpha value is -1.57. The number of benzene rings is 1. The molecule has 4 nitrogen and oxygen atoms in total. The highest BCUT2D eigenvalue weighted by molar-refractivity contribution is 8.00. The van der Waals surface area contributed by atoms with Gasteiger partial charge in [0.15, 0.2) is 11.5 Å². The van der Waals surface area contributed by atoms with Crippen molar-refractivity contribution >= 4 is 17.7 Å². The first kappa shape index (κ1) is 15.5. The van der Waals surface area contributed by atoms with Gasteiger partial charge in [-0.3, -0.25) is 0 Å². The van der Waals surface area contributed by atoms with Crippen molar-refractivity contribution in [3.05, 3.63) is 17.7 Å². The Kier molecular flexibility index (Phi) is 4.93. The summed E-state index contributed by atoms with van der Waals surface area (Å²) < 4.78 is 51.6. The predicted octanol–water partition coefficient (Wildman–Crippen LogP) is 3.10. The normalized spacial score (nSPS) is 11.1. The Labute approximate surface area is 111 Å². The van der Waals surface area contributed by atoms with Crippen molar-refractivity contribution in [3.8, 4) is 11.5 Å². The van der Waals surface area contributed by atoms with Crippen molar-refractivity contribution in [2.24, 2.45) is 0 Å². The first-order valence-corrected chi connectivity index (χ1v) is 5.74. The average Bonchev–Trinajstić information content (AvgIpc) is 2.34. The van der Waals surface area contributed by atoms with Crippen LogP contribution < -0.4 is 9.47 Å². The van der Waals surface area contributed by atoms with Crippen LogP contribution in [0.25, 0.3) is 0 Å². The highest BCUT2D eigenvalue weighted by Gasteiger charge is 2.32. The summed E-state index contributed by atoms with van der Waals surface area (Å²) in [4.78, 5) is 11.1. The lowest BCUT2D eigenvalue weighted by Crippen LogP contribution is -2.06. The molecule has 106 valence electrons. The molecule has 0 fully saturated rings. The predicted molar refractivity (Wildman–Crippen MR) is 62.8 cm³/mol. The van der Waals surface area contributed by atoms with Crippen LogP contribution in [0.3, 0.4) is 0 Å².